The molecule has 8 nitrogen and oxygen atoms in total. The van der Waals surface area contributed by atoms with Crippen LogP contribution < -0.4 is 21.1 Å². The zero-order valence-corrected chi connectivity index (χ0v) is 16.5. The van der Waals surface area contributed by atoms with Crippen LogP contribution in [0.4, 0.5) is 23.7 Å². The highest BCUT2D eigenvalue weighted by molar-refractivity contribution is 6.31. The van der Waals surface area contributed by atoms with Gasteiger partial charge in [0.25, 0.3) is 5.91 Å². The highest BCUT2D eigenvalue weighted by atomic mass is 35.5. The molecule has 2 aromatic carbocycles. The monoisotopic (exact) mass is 459 g/mol. The first-order valence-electron chi connectivity index (χ1n) is 8.65. The van der Waals surface area contributed by atoms with Crippen LogP contribution in [0, 0.1) is 0 Å². The molecule has 0 aliphatic rings. The van der Waals surface area contributed by atoms with E-state index in [9.17, 15) is 27.6 Å². The molecule has 3 amide bonds. The number of alkyl halides is 3. The first kappa shape index (κ1) is 23.8. The summed E-state index contributed by atoms with van der Waals surface area (Å²) in [5.74, 6) is -2.00. The SMILES string of the molecule is NC(=O)NC(CC(=O)OCC(=O)Nc1ccc(OC(F)(F)F)cc1)c1ccccc1Cl. The van der Waals surface area contributed by atoms with Gasteiger partial charge in [-0.05, 0) is 35.9 Å². The van der Waals surface area contributed by atoms with E-state index >= 15 is 0 Å². The molecule has 166 valence electrons. The normalized spacial score (nSPS) is 11.9. The molecule has 0 saturated heterocycles. The number of hydrogen-bond acceptors (Lipinski definition) is 5. The average Bonchev–Trinajstić information content (AvgIpc) is 2.66. The van der Waals surface area contributed by atoms with Crippen LogP contribution >= 0.6 is 11.6 Å². The van der Waals surface area contributed by atoms with Crippen molar-refractivity contribution in [1.82, 2.24) is 5.32 Å². The molecule has 31 heavy (non-hydrogen) atoms. The molecule has 0 bridgehead atoms. The van der Waals surface area contributed by atoms with E-state index in [1.165, 1.54) is 12.1 Å². The van der Waals surface area contributed by atoms with Crippen LogP contribution in [0.15, 0.2) is 48.5 Å². The summed E-state index contributed by atoms with van der Waals surface area (Å²) in [5.41, 5.74) is 5.73. The molecule has 0 radical (unpaired) electrons. The maximum Gasteiger partial charge on any atom is 0.573 e. The molecule has 1 atom stereocenters. The van der Waals surface area contributed by atoms with Crippen molar-refractivity contribution in [2.24, 2.45) is 5.73 Å². The van der Waals surface area contributed by atoms with Gasteiger partial charge in [-0.3, -0.25) is 9.59 Å². The Morgan fingerprint density at radius 3 is 2.29 bits per heavy atom. The number of anilines is 1. The van der Waals surface area contributed by atoms with Gasteiger partial charge in [-0.25, -0.2) is 4.79 Å². The lowest BCUT2D eigenvalue weighted by Gasteiger charge is -2.18. The number of carbonyl (C=O) groups is 3. The second kappa shape index (κ2) is 10.5. The minimum absolute atomic E-state index is 0.167. The molecule has 0 saturated carbocycles. The van der Waals surface area contributed by atoms with Crippen LogP contribution in [0.2, 0.25) is 5.02 Å². The standard InChI is InChI=1S/C19H17ClF3N3O5/c20-14-4-2-1-3-13(14)15(26-18(24)29)9-17(28)30-10-16(27)25-11-5-7-12(8-6-11)31-19(21,22)23/h1-8,15H,9-10H2,(H,25,27)(H3,24,26,29). The lowest BCUT2D eigenvalue weighted by atomic mass is 10.0. The Bertz CT molecular complexity index is 938. The van der Waals surface area contributed by atoms with Crippen molar-refractivity contribution < 1.29 is 37.0 Å². The van der Waals surface area contributed by atoms with E-state index in [4.69, 9.17) is 22.1 Å². The number of primary amides is 1. The third-order valence-electron chi connectivity index (χ3n) is 3.70. The number of amides is 3. The number of benzene rings is 2. The van der Waals surface area contributed by atoms with Crippen molar-refractivity contribution >= 4 is 35.2 Å². The minimum atomic E-state index is -4.83. The lowest BCUT2D eigenvalue weighted by molar-refractivity contribution is -0.274. The molecule has 0 aromatic heterocycles. The fourth-order valence-electron chi connectivity index (χ4n) is 2.48. The van der Waals surface area contributed by atoms with Gasteiger partial charge in [0.15, 0.2) is 6.61 Å². The predicted molar refractivity (Wildman–Crippen MR) is 104 cm³/mol. The maximum atomic E-state index is 12.1. The summed E-state index contributed by atoms with van der Waals surface area (Å²) in [6, 6.07) is 9.12. The van der Waals surface area contributed by atoms with Gasteiger partial charge in [0.1, 0.15) is 5.75 Å². The summed E-state index contributed by atoms with van der Waals surface area (Å²) < 4.78 is 45.0. The van der Waals surface area contributed by atoms with Gasteiger partial charge in [0.05, 0.1) is 12.5 Å². The Hall–Kier alpha value is -3.47. The molecule has 2 rings (SSSR count). The Morgan fingerprint density at radius 2 is 1.71 bits per heavy atom. The predicted octanol–water partition coefficient (Wildman–Crippen LogP) is 3.52. The number of hydrogen-bond donors (Lipinski definition) is 3. The van der Waals surface area contributed by atoms with Crippen LogP contribution in [0.5, 0.6) is 5.75 Å². The molecule has 4 N–H and O–H groups in total. The average molecular weight is 460 g/mol. The summed E-state index contributed by atoms with van der Waals surface area (Å²) in [6.45, 7) is -0.661. The molecule has 0 heterocycles. The smallest absolute Gasteiger partial charge is 0.455 e. The molecular weight excluding hydrogens is 443 g/mol. The zero-order chi connectivity index (χ0) is 23.0. The van der Waals surface area contributed by atoms with Gasteiger partial charge in [0.2, 0.25) is 0 Å². The first-order chi connectivity index (χ1) is 14.5. The fourth-order valence-corrected chi connectivity index (χ4v) is 2.74. The highest BCUT2D eigenvalue weighted by Crippen LogP contribution is 2.26. The highest BCUT2D eigenvalue weighted by Gasteiger charge is 2.31. The van der Waals surface area contributed by atoms with Crippen molar-refractivity contribution in [3.8, 4) is 5.75 Å². The van der Waals surface area contributed by atoms with Gasteiger partial charge in [-0.2, -0.15) is 0 Å². The van der Waals surface area contributed by atoms with Crippen LogP contribution in [0.3, 0.4) is 0 Å². The third kappa shape index (κ3) is 8.42. The Balaban J connectivity index is 1.88. The molecule has 0 aliphatic heterocycles. The Labute approximate surface area is 179 Å². The minimum Gasteiger partial charge on any atom is -0.455 e. The van der Waals surface area contributed by atoms with E-state index in [-0.39, 0.29) is 12.1 Å². The maximum absolute atomic E-state index is 12.1. The zero-order valence-electron chi connectivity index (χ0n) is 15.7. The van der Waals surface area contributed by atoms with E-state index < -0.39 is 42.7 Å². The summed E-state index contributed by atoms with van der Waals surface area (Å²) in [5, 5.41) is 5.02. The van der Waals surface area contributed by atoms with Gasteiger partial charge < -0.3 is 25.8 Å². The quantitative estimate of drug-likeness (QED) is 0.522. The Morgan fingerprint density at radius 1 is 1.06 bits per heavy atom. The van der Waals surface area contributed by atoms with E-state index in [0.717, 1.165) is 12.1 Å². The number of rotatable bonds is 8. The summed E-state index contributed by atoms with van der Waals surface area (Å²) >= 11 is 6.07. The third-order valence-corrected chi connectivity index (χ3v) is 4.05. The first-order valence-corrected chi connectivity index (χ1v) is 9.03. The van der Waals surface area contributed by atoms with E-state index in [2.05, 4.69) is 15.4 Å². The lowest BCUT2D eigenvalue weighted by Crippen LogP contribution is -2.35. The number of urea groups is 1. The van der Waals surface area contributed by atoms with Gasteiger partial charge in [-0.15, -0.1) is 13.2 Å². The number of carbonyl (C=O) groups excluding carboxylic acids is 3. The van der Waals surface area contributed by atoms with Crippen molar-refractivity contribution in [3.05, 3.63) is 59.1 Å². The molecular formula is C19H17ClF3N3O5. The Kier molecular flexibility index (Phi) is 8.08. The summed E-state index contributed by atoms with van der Waals surface area (Å²) in [4.78, 5) is 35.2. The van der Waals surface area contributed by atoms with E-state index in [1.54, 1.807) is 24.3 Å². The molecule has 2 aromatic rings. The largest absolute Gasteiger partial charge is 0.573 e. The van der Waals surface area contributed by atoms with Gasteiger partial charge >= 0.3 is 18.4 Å². The molecule has 1 unspecified atom stereocenters. The molecule has 12 heteroatoms. The molecule has 0 fully saturated rings. The summed E-state index contributed by atoms with van der Waals surface area (Å²) in [7, 11) is 0. The van der Waals surface area contributed by atoms with Crippen molar-refractivity contribution in [3.63, 3.8) is 0 Å². The number of ether oxygens (including phenoxy) is 2. The number of esters is 1. The van der Waals surface area contributed by atoms with Gasteiger partial charge in [-0.1, -0.05) is 29.8 Å². The van der Waals surface area contributed by atoms with Crippen molar-refractivity contribution in [2.75, 3.05) is 11.9 Å². The van der Waals surface area contributed by atoms with Crippen LogP contribution in [0.25, 0.3) is 0 Å². The number of nitrogens with one attached hydrogen (secondary N) is 2. The summed E-state index contributed by atoms with van der Waals surface area (Å²) in [6.07, 6.45) is -5.17. The van der Waals surface area contributed by atoms with Crippen LogP contribution in [-0.4, -0.2) is 30.9 Å². The fraction of sp³-hybridized carbons (Fsp3) is 0.211. The van der Waals surface area contributed by atoms with Crippen molar-refractivity contribution in [1.29, 1.82) is 0 Å². The number of halogens is 4. The van der Waals surface area contributed by atoms with Crippen LogP contribution in [-0.2, 0) is 14.3 Å². The molecule has 0 aliphatic carbocycles. The van der Waals surface area contributed by atoms with Crippen molar-refractivity contribution in [2.45, 2.75) is 18.8 Å². The topological polar surface area (TPSA) is 120 Å². The van der Waals surface area contributed by atoms with E-state index in [1.807, 2.05) is 0 Å². The van der Waals surface area contributed by atoms with Crippen LogP contribution in [0.1, 0.15) is 18.0 Å². The van der Waals surface area contributed by atoms with Gasteiger partial charge in [0, 0.05) is 10.7 Å². The van der Waals surface area contributed by atoms with E-state index in [0.29, 0.717) is 10.6 Å². The number of nitrogens with two attached hydrogens (primary N) is 1. The second-order valence-electron chi connectivity index (χ2n) is 6.07. The molecule has 0 spiro atoms. The second-order valence-corrected chi connectivity index (χ2v) is 6.48.